The minimum Gasteiger partial charge on any atom is -0.389 e. The SMILES string of the molecule is CC(C)(O)CNC(=S)NCCF. The zero-order valence-corrected chi connectivity index (χ0v) is 8.17. The highest BCUT2D eigenvalue weighted by Gasteiger charge is 2.11. The molecule has 0 heterocycles. The third-order valence-corrected chi connectivity index (χ3v) is 1.35. The van der Waals surface area contributed by atoms with E-state index in [9.17, 15) is 9.50 Å². The maximum Gasteiger partial charge on any atom is 0.166 e. The van der Waals surface area contributed by atoms with E-state index in [0.717, 1.165) is 0 Å². The lowest BCUT2D eigenvalue weighted by atomic mass is 10.1. The van der Waals surface area contributed by atoms with E-state index < -0.39 is 12.3 Å². The predicted molar refractivity (Wildman–Crippen MR) is 50.9 cm³/mol. The molecule has 3 N–H and O–H groups in total. The number of thiocarbonyl (C=S) groups is 1. The summed E-state index contributed by atoms with van der Waals surface area (Å²) in [7, 11) is 0. The smallest absolute Gasteiger partial charge is 0.166 e. The van der Waals surface area contributed by atoms with E-state index in [-0.39, 0.29) is 6.54 Å². The second kappa shape index (κ2) is 5.27. The van der Waals surface area contributed by atoms with Crippen LogP contribution in [-0.4, -0.2) is 35.6 Å². The Balaban J connectivity index is 3.44. The van der Waals surface area contributed by atoms with Crippen LogP contribution in [0.15, 0.2) is 0 Å². The van der Waals surface area contributed by atoms with Crippen molar-refractivity contribution in [3.05, 3.63) is 0 Å². The lowest BCUT2D eigenvalue weighted by Gasteiger charge is -2.18. The molecule has 0 rings (SSSR count). The molecule has 0 aliphatic rings. The van der Waals surface area contributed by atoms with Crippen molar-refractivity contribution >= 4 is 17.3 Å². The van der Waals surface area contributed by atoms with Crippen LogP contribution in [0.2, 0.25) is 0 Å². The highest BCUT2D eigenvalue weighted by molar-refractivity contribution is 7.80. The van der Waals surface area contributed by atoms with Gasteiger partial charge in [-0.25, -0.2) is 4.39 Å². The molecule has 0 unspecified atom stereocenters. The van der Waals surface area contributed by atoms with Crippen molar-refractivity contribution in [2.75, 3.05) is 19.8 Å². The summed E-state index contributed by atoms with van der Waals surface area (Å²) in [6.07, 6.45) is 0. The lowest BCUT2D eigenvalue weighted by molar-refractivity contribution is 0.0849. The molecule has 0 aromatic heterocycles. The summed E-state index contributed by atoms with van der Waals surface area (Å²) in [5, 5.41) is 15.0. The van der Waals surface area contributed by atoms with Gasteiger partial charge in [0.1, 0.15) is 6.67 Å². The molecular formula is C7H15FN2OS. The monoisotopic (exact) mass is 194 g/mol. The molecule has 0 radical (unpaired) electrons. The first-order chi connectivity index (χ1) is 5.45. The van der Waals surface area contributed by atoms with E-state index in [0.29, 0.717) is 11.7 Å². The number of rotatable bonds is 4. The molecule has 0 saturated heterocycles. The second-order valence-corrected chi connectivity index (χ2v) is 3.52. The van der Waals surface area contributed by atoms with E-state index in [1.165, 1.54) is 0 Å². The summed E-state index contributed by atoms with van der Waals surface area (Å²) >= 11 is 4.79. The van der Waals surface area contributed by atoms with Crippen LogP contribution >= 0.6 is 12.2 Å². The third kappa shape index (κ3) is 7.68. The fourth-order valence-corrected chi connectivity index (χ4v) is 0.694. The molecule has 0 aliphatic heterocycles. The summed E-state index contributed by atoms with van der Waals surface area (Å²) in [5.41, 5.74) is -0.804. The first-order valence-electron chi connectivity index (χ1n) is 3.76. The normalized spacial score (nSPS) is 11.0. The summed E-state index contributed by atoms with van der Waals surface area (Å²) in [6, 6.07) is 0. The molecule has 0 bridgehead atoms. The maximum atomic E-state index is 11.6. The standard InChI is InChI=1S/C7H15FN2OS/c1-7(2,11)5-10-6(12)9-4-3-8/h11H,3-5H2,1-2H3,(H2,9,10,12). The molecular weight excluding hydrogens is 179 g/mol. The van der Waals surface area contributed by atoms with Gasteiger partial charge in [-0.3, -0.25) is 0 Å². The van der Waals surface area contributed by atoms with Crippen LogP contribution in [0.5, 0.6) is 0 Å². The van der Waals surface area contributed by atoms with Gasteiger partial charge in [-0.2, -0.15) is 0 Å². The van der Waals surface area contributed by atoms with Gasteiger partial charge in [0, 0.05) is 13.1 Å². The molecule has 0 saturated carbocycles. The topological polar surface area (TPSA) is 44.3 Å². The van der Waals surface area contributed by atoms with Gasteiger partial charge in [0.25, 0.3) is 0 Å². The number of alkyl halides is 1. The van der Waals surface area contributed by atoms with Gasteiger partial charge in [-0.05, 0) is 26.1 Å². The Hall–Kier alpha value is -0.420. The van der Waals surface area contributed by atoms with Crippen LogP contribution in [0, 0.1) is 0 Å². The van der Waals surface area contributed by atoms with Crippen LogP contribution in [-0.2, 0) is 0 Å². The molecule has 0 fully saturated rings. The van der Waals surface area contributed by atoms with Crippen molar-refractivity contribution in [2.24, 2.45) is 0 Å². The van der Waals surface area contributed by atoms with Crippen molar-refractivity contribution in [3.8, 4) is 0 Å². The number of halogens is 1. The number of hydrogen-bond donors (Lipinski definition) is 3. The Bertz CT molecular complexity index is 147. The average molecular weight is 194 g/mol. The highest BCUT2D eigenvalue weighted by atomic mass is 32.1. The van der Waals surface area contributed by atoms with Crippen LogP contribution in [0.4, 0.5) is 4.39 Å². The molecule has 0 amide bonds. The Kier molecular flexibility index (Phi) is 5.08. The highest BCUT2D eigenvalue weighted by Crippen LogP contribution is 1.96. The predicted octanol–water partition coefficient (Wildman–Crippen LogP) is 0.191. The quantitative estimate of drug-likeness (QED) is 0.559. The van der Waals surface area contributed by atoms with Gasteiger partial charge in [0.05, 0.1) is 5.60 Å². The molecule has 0 spiro atoms. The Morgan fingerprint density at radius 2 is 2.08 bits per heavy atom. The van der Waals surface area contributed by atoms with Crippen LogP contribution in [0.1, 0.15) is 13.8 Å². The van der Waals surface area contributed by atoms with Gasteiger partial charge in [-0.15, -0.1) is 0 Å². The van der Waals surface area contributed by atoms with Gasteiger partial charge >= 0.3 is 0 Å². The van der Waals surface area contributed by atoms with Gasteiger partial charge in [0.2, 0.25) is 0 Å². The van der Waals surface area contributed by atoms with Gasteiger partial charge < -0.3 is 15.7 Å². The van der Waals surface area contributed by atoms with E-state index in [1.807, 2.05) is 0 Å². The number of hydrogen-bond acceptors (Lipinski definition) is 2. The van der Waals surface area contributed by atoms with E-state index in [2.05, 4.69) is 10.6 Å². The summed E-state index contributed by atoms with van der Waals surface area (Å²) in [5.74, 6) is 0. The summed E-state index contributed by atoms with van der Waals surface area (Å²) < 4.78 is 11.6. The average Bonchev–Trinajstić information content (AvgIpc) is 1.95. The van der Waals surface area contributed by atoms with E-state index in [4.69, 9.17) is 12.2 Å². The Morgan fingerprint density at radius 3 is 2.50 bits per heavy atom. The Labute approximate surface area is 77.3 Å². The summed E-state index contributed by atoms with van der Waals surface area (Å²) in [4.78, 5) is 0. The largest absolute Gasteiger partial charge is 0.389 e. The fourth-order valence-electron chi connectivity index (χ4n) is 0.520. The Morgan fingerprint density at radius 1 is 1.50 bits per heavy atom. The zero-order chi connectivity index (χ0) is 9.61. The van der Waals surface area contributed by atoms with Crippen LogP contribution < -0.4 is 10.6 Å². The molecule has 72 valence electrons. The molecule has 5 heteroatoms. The minimum atomic E-state index is -0.804. The molecule has 0 atom stereocenters. The lowest BCUT2D eigenvalue weighted by Crippen LogP contribution is -2.43. The van der Waals surface area contributed by atoms with Crippen molar-refractivity contribution in [1.82, 2.24) is 10.6 Å². The van der Waals surface area contributed by atoms with Gasteiger partial charge in [-0.1, -0.05) is 0 Å². The summed E-state index contributed by atoms with van der Waals surface area (Å²) in [6.45, 7) is 3.43. The molecule has 3 nitrogen and oxygen atoms in total. The fraction of sp³-hybridized carbons (Fsp3) is 0.857. The van der Waals surface area contributed by atoms with Crippen molar-refractivity contribution < 1.29 is 9.50 Å². The van der Waals surface area contributed by atoms with Crippen LogP contribution in [0.3, 0.4) is 0 Å². The first kappa shape index (κ1) is 11.6. The van der Waals surface area contributed by atoms with Crippen LogP contribution in [0.25, 0.3) is 0 Å². The molecule has 0 aromatic rings. The second-order valence-electron chi connectivity index (χ2n) is 3.11. The number of aliphatic hydroxyl groups is 1. The van der Waals surface area contributed by atoms with Crippen molar-refractivity contribution in [2.45, 2.75) is 19.4 Å². The maximum absolute atomic E-state index is 11.6. The zero-order valence-electron chi connectivity index (χ0n) is 7.35. The third-order valence-electron chi connectivity index (χ3n) is 1.06. The molecule has 0 aliphatic carbocycles. The van der Waals surface area contributed by atoms with E-state index in [1.54, 1.807) is 13.8 Å². The van der Waals surface area contributed by atoms with Crippen molar-refractivity contribution in [3.63, 3.8) is 0 Å². The number of nitrogens with one attached hydrogen (secondary N) is 2. The first-order valence-corrected chi connectivity index (χ1v) is 4.16. The minimum absolute atomic E-state index is 0.206. The van der Waals surface area contributed by atoms with Gasteiger partial charge in [0.15, 0.2) is 5.11 Å². The van der Waals surface area contributed by atoms with Crippen molar-refractivity contribution in [1.29, 1.82) is 0 Å². The molecule has 12 heavy (non-hydrogen) atoms. The van der Waals surface area contributed by atoms with E-state index >= 15 is 0 Å². The molecule has 0 aromatic carbocycles.